The fourth-order valence-electron chi connectivity index (χ4n) is 1.74. The van der Waals surface area contributed by atoms with Crippen LogP contribution in [0, 0.1) is 6.92 Å². The van der Waals surface area contributed by atoms with Crippen LogP contribution in [0.2, 0.25) is 0 Å². The van der Waals surface area contributed by atoms with Crippen LogP contribution in [-0.4, -0.2) is 25.9 Å². The maximum atomic E-state index is 4.47. The monoisotopic (exact) mass is 233 g/mol. The molecule has 0 unspecified atom stereocenters. The Morgan fingerprint density at radius 1 is 1.35 bits per heavy atom. The highest BCUT2D eigenvalue weighted by atomic mass is 15.3. The summed E-state index contributed by atoms with van der Waals surface area (Å²) in [4.78, 5) is 4.47. The Kier molecular flexibility index (Phi) is 3.80. The highest BCUT2D eigenvalue weighted by Gasteiger charge is 2.04. The SMILES string of the molecule is CCCNc1nc(C)cn1CCn1cccn1. The van der Waals surface area contributed by atoms with Crippen molar-refractivity contribution in [3.8, 4) is 0 Å². The van der Waals surface area contributed by atoms with E-state index in [1.165, 1.54) is 0 Å². The second-order valence-corrected chi connectivity index (χ2v) is 4.10. The van der Waals surface area contributed by atoms with Crippen molar-refractivity contribution >= 4 is 5.95 Å². The first-order valence-electron chi connectivity index (χ1n) is 6.04. The number of rotatable bonds is 6. The van der Waals surface area contributed by atoms with Crippen LogP contribution in [0.5, 0.6) is 0 Å². The van der Waals surface area contributed by atoms with Gasteiger partial charge in [-0.15, -0.1) is 0 Å². The van der Waals surface area contributed by atoms with E-state index in [1.807, 2.05) is 23.9 Å². The van der Waals surface area contributed by atoms with E-state index in [-0.39, 0.29) is 0 Å². The normalized spacial score (nSPS) is 10.7. The van der Waals surface area contributed by atoms with Crippen LogP contribution in [0.4, 0.5) is 5.95 Å². The lowest BCUT2D eigenvalue weighted by Gasteiger charge is -2.08. The maximum Gasteiger partial charge on any atom is 0.203 e. The van der Waals surface area contributed by atoms with Gasteiger partial charge in [-0.05, 0) is 19.4 Å². The maximum absolute atomic E-state index is 4.47. The van der Waals surface area contributed by atoms with Crippen LogP contribution in [0.1, 0.15) is 19.0 Å². The molecule has 0 saturated heterocycles. The molecular formula is C12H19N5. The summed E-state index contributed by atoms with van der Waals surface area (Å²) in [5.41, 5.74) is 1.05. The molecule has 17 heavy (non-hydrogen) atoms. The fourth-order valence-corrected chi connectivity index (χ4v) is 1.74. The van der Waals surface area contributed by atoms with Gasteiger partial charge >= 0.3 is 0 Å². The van der Waals surface area contributed by atoms with Crippen LogP contribution < -0.4 is 5.32 Å². The highest BCUT2D eigenvalue weighted by molar-refractivity contribution is 5.28. The largest absolute Gasteiger partial charge is 0.356 e. The van der Waals surface area contributed by atoms with Crippen LogP contribution in [-0.2, 0) is 13.1 Å². The molecule has 2 rings (SSSR count). The molecule has 0 aromatic carbocycles. The van der Waals surface area contributed by atoms with Gasteiger partial charge in [0.1, 0.15) is 0 Å². The fraction of sp³-hybridized carbons (Fsp3) is 0.500. The Morgan fingerprint density at radius 3 is 2.94 bits per heavy atom. The number of hydrogen-bond donors (Lipinski definition) is 1. The summed E-state index contributed by atoms with van der Waals surface area (Å²) >= 11 is 0. The van der Waals surface area contributed by atoms with Gasteiger partial charge in [-0.25, -0.2) is 4.98 Å². The van der Waals surface area contributed by atoms with E-state index < -0.39 is 0 Å². The summed E-state index contributed by atoms with van der Waals surface area (Å²) in [5.74, 6) is 0.955. The van der Waals surface area contributed by atoms with Gasteiger partial charge in [0.15, 0.2) is 0 Å². The van der Waals surface area contributed by atoms with Gasteiger partial charge in [0.2, 0.25) is 5.95 Å². The number of aryl methyl sites for hydroxylation is 3. The summed E-state index contributed by atoms with van der Waals surface area (Å²) in [6.45, 7) is 6.87. The van der Waals surface area contributed by atoms with Crippen molar-refractivity contribution in [3.05, 3.63) is 30.4 Å². The highest BCUT2D eigenvalue weighted by Crippen LogP contribution is 2.08. The Labute approximate surface area is 101 Å². The van der Waals surface area contributed by atoms with Crippen LogP contribution >= 0.6 is 0 Å². The minimum atomic E-state index is 0.865. The zero-order valence-corrected chi connectivity index (χ0v) is 10.4. The van der Waals surface area contributed by atoms with Gasteiger partial charge in [-0.3, -0.25) is 4.68 Å². The average Bonchev–Trinajstić information content (AvgIpc) is 2.93. The number of nitrogens with one attached hydrogen (secondary N) is 1. The predicted octanol–water partition coefficient (Wildman–Crippen LogP) is 1.91. The Bertz CT molecular complexity index is 443. The quantitative estimate of drug-likeness (QED) is 0.829. The second kappa shape index (κ2) is 5.52. The molecule has 0 saturated carbocycles. The molecule has 0 aliphatic rings. The summed E-state index contributed by atoms with van der Waals surface area (Å²) < 4.78 is 4.08. The van der Waals surface area contributed by atoms with Gasteiger partial charge < -0.3 is 9.88 Å². The first-order chi connectivity index (χ1) is 8.29. The van der Waals surface area contributed by atoms with E-state index >= 15 is 0 Å². The van der Waals surface area contributed by atoms with Gasteiger partial charge in [0, 0.05) is 31.7 Å². The van der Waals surface area contributed by atoms with Crippen molar-refractivity contribution < 1.29 is 0 Å². The lowest BCUT2D eigenvalue weighted by atomic mass is 10.5. The molecule has 5 nitrogen and oxygen atoms in total. The standard InChI is InChI=1S/C12H19N5/c1-3-5-13-12-15-11(2)10-16(12)8-9-17-7-4-6-14-17/h4,6-7,10H,3,5,8-9H2,1-2H3,(H,13,15). The van der Waals surface area contributed by atoms with E-state index in [9.17, 15) is 0 Å². The van der Waals surface area contributed by atoms with Crippen molar-refractivity contribution in [1.82, 2.24) is 19.3 Å². The van der Waals surface area contributed by atoms with Gasteiger partial charge in [0.25, 0.3) is 0 Å². The molecule has 1 N–H and O–H groups in total. The van der Waals surface area contributed by atoms with E-state index in [0.717, 1.165) is 37.7 Å². The molecule has 0 spiro atoms. The molecule has 2 heterocycles. The predicted molar refractivity (Wildman–Crippen MR) is 68.0 cm³/mol. The van der Waals surface area contributed by atoms with E-state index in [4.69, 9.17) is 0 Å². The number of hydrogen-bond acceptors (Lipinski definition) is 3. The number of aromatic nitrogens is 4. The van der Waals surface area contributed by atoms with Crippen molar-refractivity contribution in [2.24, 2.45) is 0 Å². The molecule has 0 radical (unpaired) electrons. The average molecular weight is 233 g/mol. The molecule has 0 aliphatic carbocycles. The summed E-state index contributed by atoms with van der Waals surface area (Å²) in [5, 5.41) is 7.53. The molecular weight excluding hydrogens is 214 g/mol. The first-order valence-corrected chi connectivity index (χ1v) is 6.04. The Morgan fingerprint density at radius 2 is 2.24 bits per heavy atom. The molecule has 0 atom stereocenters. The summed E-state index contributed by atoms with van der Waals surface area (Å²) in [6.07, 6.45) is 6.95. The minimum absolute atomic E-state index is 0.865. The third-order valence-electron chi connectivity index (χ3n) is 2.56. The van der Waals surface area contributed by atoms with Crippen molar-refractivity contribution in [3.63, 3.8) is 0 Å². The van der Waals surface area contributed by atoms with Crippen molar-refractivity contribution in [1.29, 1.82) is 0 Å². The zero-order chi connectivity index (χ0) is 12.1. The first kappa shape index (κ1) is 11.7. The molecule has 0 bridgehead atoms. The summed E-state index contributed by atoms with van der Waals surface area (Å²) in [6, 6.07) is 1.94. The van der Waals surface area contributed by atoms with Crippen LogP contribution in [0.25, 0.3) is 0 Å². The molecule has 0 fully saturated rings. The smallest absolute Gasteiger partial charge is 0.203 e. The third kappa shape index (κ3) is 3.09. The minimum Gasteiger partial charge on any atom is -0.356 e. The van der Waals surface area contributed by atoms with E-state index in [0.29, 0.717) is 0 Å². The molecule has 92 valence electrons. The zero-order valence-electron chi connectivity index (χ0n) is 10.4. The van der Waals surface area contributed by atoms with Gasteiger partial charge in [-0.2, -0.15) is 5.10 Å². The Hall–Kier alpha value is -1.78. The lowest BCUT2D eigenvalue weighted by Crippen LogP contribution is -2.11. The molecule has 2 aromatic heterocycles. The number of imidazole rings is 1. The molecule has 5 heteroatoms. The molecule has 0 amide bonds. The van der Waals surface area contributed by atoms with Crippen molar-refractivity contribution in [2.45, 2.75) is 33.4 Å². The molecule has 2 aromatic rings. The second-order valence-electron chi connectivity index (χ2n) is 4.10. The Balaban J connectivity index is 1.99. The van der Waals surface area contributed by atoms with Gasteiger partial charge in [0.05, 0.1) is 12.2 Å². The van der Waals surface area contributed by atoms with Crippen LogP contribution in [0.15, 0.2) is 24.7 Å². The topological polar surface area (TPSA) is 47.7 Å². The van der Waals surface area contributed by atoms with E-state index in [1.54, 1.807) is 6.20 Å². The lowest BCUT2D eigenvalue weighted by molar-refractivity contribution is 0.535. The number of nitrogens with zero attached hydrogens (tertiary/aromatic N) is 4. The third-order valence-corrected chi connectivity index (χ3v) is 2.56. The van der Waals surface area contributed by atoms with Crippen molar-refractivity contribution in [2.75, 3.05) is 11.9 Å². The summed E-state index contributed by atoms with van der Waals surface area (Å²) in [7, 11) is 0. The van der Waals surface area contributed by atoms with Gasteiger partial charge in [-0.1, -0.05) is 6.92 Å². The van der Waals surface area contributed by atoms with Crippen LogP contribution in [0.3, 0.4) is 0 Å². The number of anilines is 1. The molecule has 0 aliphatic heterocycles. The van der Waals surface area contributed by atoms with E-state index in [2.05, 4.69) is 33.1 Å².